The Balaban J connectivity index is 1.74. The molecule has 2 aromatic carbocycles. The van der Waals surface area contributed by atoms with E-state index in [4.69, 9.17) is 5.73 Å². The summed E-state index contributed by atoms with van der Waals surface area (Å²) in [4.78, 5) is 12.0. The predicted molar refractivity (Wildman–Crippen MR) is 81.3 cm³/mol. The minimum atomic E-state index is -0.444. The van der Waals surface area contributed by atoms with Crippen molar-refractivity contribution in [1.29, 1.82) is 0 Å². The van der Waals surface area contributed by atoms with Gasteiger partial charge in [0.05, 0.1) is 12.6 Å². The first kappa shape index (κ1) is 14.4. The van der Waals surface area contributed by atoms with Crippen LogP contribution in [0.1, 0.15) is 11.1 Å². The van der Waals surface area contributed by atoms with E-state index < -0.39 is 6.04 Å². The van der Waals surface area contributed by atoms with E-state index in [0.29, 0.717) is 19.5 Å². The van der Waals surface area contributed by atoms with Crippen LogP contribution in [0.25, 0.3) is 0 Å². The molecule has 0 radical (unpaired) electrons. The Labute approximate surface area is 119 Å². The van der Waals surface area contributed by atoms with Gasteiger partial charge in [0.25, 0.3) is 0 Å². The monoisotopic (exact) mass is 268 g/mol. The molecule has 104 valence electrons. The molecule has 0 aliphatic rings. The third kappa shape index (κ3) is 4.61. The van der Waals surface area contributed by atoms with Crippen LogP contribution < -0.4 is 11.1 Å². The molecule has 0 spiro atoms. The van der Waals surface area contributed by atoms with E-state index in [1.807, 2.05) is 60.7 Å². The molecule has 0 aliphatic carbocycles. The molecular formula is C17H20N2O. The van der Waals surface area contributed by atoms with Gasteiger partial charge in [-0.1, -0.05) is 60.7 Å². The van der Waals surface area contributed by atoms with Crippen molar-refractivity contribution in [2.75, 3.05) is 6.54 Å². The first-order chi connectivity index (χ1) is 9.75. The summed E-state index contributed by atoms with van der Waals surface area (Å²) in [6, 6.07) is 19.4. The maximum atomic E-state index is 12.0. The molecule has 0 saturated heterocycles. The van der Waals surface area contributed by atoms with Crippen LogP contribution in [0.3, 0.4) is 0 Å². The summed E-state index contributed by atoms with van der Waals surface area (Å²) >= 11 is 0. The molecule has 20 heavy (non-hydrogen) atoms. The van der Waals surface area contributed by atoms with Gasteiger partial charge in [0.15, 0.2) is 5.78 Å². The molecule has 0 aliphatic heterocycles. The fraction of sp³-hybridized carbons (Fsp3) is 0.235. The number of Topliss-reactive ketones (excluding diaryl/α,β-unsaturated/α-hetero) is 1. The fourth-order valence-corrected chi connectivity index (χ4v) is 2.04. The standard InChI is InChI=1S/C17H20N2O/c18-16(11-14-7-3-1-4-8-14)17(20)13-19-12-15-9-5-2-6-10-15/h1-10,16,19H,11-13,18H2/t16-/m1/s1. The Bertz CT molecular complexity index is 525. The van der Waals surface area contributed by atoms with E-state index in [2.05, 4.69) is 5.32 Å². The van der Waals surface area contributed by atoms with Crippen LogP contribution in [-0.2, 0) is 17.8 Å². The molecule has 0 heterocycles. The molecule has 1 atom stereocenters. The van der Waals surface area contributed by atoms with Crippen LogP contribution in [0.5, 0.6) is 0 Å². The van der Waals surface area contributed by atoms with Crippen LogP contribution in [-0.4, -0.2) is 18.4 Å². The molecule has 3 heteroatoms. The second-order valence-corrected chi connectivity index (χ2v) is 4.85. The molecular weight excluding hydrogens is 248 g/mol. The Morgan fingerprint density at radius 3 is 2.10 bits per heavy atom. The van der Waals surface area contributed by atoms with Gasteiger partial charge in [-0.15, -0.1) is 0 Å². The summed E-state index contributed by atoms with van der Waals surface area (Å²) in [5, 5.41) is 3.14. The minimum absolute atomic E-state index is 0.0461. The number of ketones is 1. The highest BCUT2D eigenvalue weighted by Crippen LogP contribution is 2.02. The van der Waals surface area contributed by atoms with Gasteiger partial charge in [-0.05, 0) is 17.5 Å². The summed E-state index contributed by atoms with van der Waals surface area (Å²) in [6.45, 7) is 0.994. The number of nitrogens with two attached hydrogens (primary N) is 1. The number of carbonyl (C=O) groups is 1. The molecule has 0 saturated carbocycles. The molecule has 0 bridgehead atoms. The van der Waals surface area contributed by atoms with Crippen molar-refractivity contribution in [3.8, 4) is 0 Å². The van der Waals surface area contributed by atoms with Crippen LogP contribution in [0.15, 0.2) is 60.7 Å². The highest BCUT2D eigenvalue weighted by Gasteiger charge is 2.13. The lowest BCUT2D eigenvalue weighted by molar-refractivity contribution is -0.119. The van der Waals surface area contributed by atoms with Gasteiger partial charge in [0, 0.05) is 6.54 Å². The second kappa shape index (κ2) is 7.58. The molecule has 0 fully saturated rings. The molecule has 0 amide bonds. The maximum absolute atomic E-state index is 12.0. The lowest BCUT2D eigenvalue weighted by Crippen LogP contribution is -2.39. The molecule has 3 N–H and O–H groups in total. The Hall–Kier alpha value is -1.97. The molecule has 2 aromatic rings. The number of hydrogen-bond acceptors (Lipinski definition) is 3. The normalized spacial score (nSPS) is 12.1. The molecule has 2 rings (SSSR count). The first-order valence-corrected chi connectivity index (χ1v) is 6.82. The molecule has 0 unspecified atom stereocenters. The lowest BCUT2D eigenvalue weighted by Gasteiger charge is -2.11. The van der Waals surface area contributed by atoms with Crippen LogP contribution in [0.4, 0.5) is 0 Å². The third-order valence-electron chi connectivity index (χ3n) is 3.18. The number of benzene rings is 2. The summed E-state index contributed by atoms with van der Waals surface area (Å²) in [5.74, 6) is 0.0461. The average Bonchev–Trinajstić information content (AvgIpc) is 2.49. The number of nitrogens with one attached hydrogen (secondary N) is 1. The van der Waals surface area contributed by atoms with E-state index >= 15 is 0 Å². The zero-order chi connectivity index (χ0) is 14.2. The SMILES string of the molecule is N[C@H](Cc1ccccc1)C(=O)CNCc1ccccc1. The summed E-state index contributed by atoms with van der Waals surface area (Å²) in [7, 11) is 0. The summed E-state index contributed by atoms with van der Waals surface area (Å²) in [6.07, 6.45) is 0.590. The molecule has 0 aromatic heterocycles. The Kier molecular flexibility index (Phi) is 5.47. The van der Waals surface area contributed by atoms with Crippen molar-refractivity contribution in [3.05, 3.63) is 71.8 Å². The first-order valence-electron chi connectivity index (χ1n) is 6.82. The number of carbonyl (C=O) groups excluding carboxylic acids is 1. The van der Waals surface area contributed by atoms with E-state index in [1.54, 1.807) is 0 Å². The maximum Gasteiger partial charge on any atom is 0.163 e. The Morgan fingerprint density at radius 2 is 1.50 bits per heavy atom. The van der Waals surface area contributed by atoms with E-state index in [1.165, 1.54) is 0 Å². The van der Waals surface area contributed by atoms with Gasteiger partial charge < -0.3 is 11.1 Å². The van der Waals surface area contributed by atoms with Gasteiger partial charge in [-0.25, -0.2) is 0 Å². The van der Waals surface area contributed by atoms with Gasteiger partial charge in [0.1, 0.15) is 0 Å². The van der Waals surface area contributed by atoms with E-state index in [9.17, 15) is 4.79 Å². The highest BCUT2D eigenvalue weighted by molar-refractivity contribution is 5.85. The second-order valence-electron chi connectivity index (χ2n) is 4.85. The van der Waals surface area contributed by atoms with Crippen LogP contribution >= 0.6 is 0 Å². The van der Waals surface area contributed by atoms with Crippen LogP contribution in [0, 0.1) is 0 Å². The highest BCUT2D eigenvalue weighted by atomic mass is 16.1. The Morgan fingerprint density at radius 1 is 0.950 bits per heavy atom. The largest absolute Gasteiger partial charge is 0.321 e. The van der Waals surface area contributed by atoms with Gasteiger partial charge in [-0.3, -0.25) is 4.79 Å². The van der Waals surface area contributed by atoms with Gasteiger partial charge >= 0.3 is 0 Å². The van der Waals surface area contributed by atoms with Gasteiger partial charge in [0.2, 0.25) is 0 Å². The van der Waals surface area contributed by atoms with Crippen molar-refractivity contribution in [3.63, 3.8) is 0 Å². The lowest BCUT2D eigenvalue weighted by atomic mass is 10.0. The summed E-state index contributed by atoms with van der Waals surface area (Å²) < 4.78 is 0. The van der Waals surface area contributed by atoms with Gasteiger partial charge in [-0.2, -0.15) is 0 Å². The van der Waals surface area contributed by atoms with Crippen molar-refractivity contribution in [2.24, 2.45) is 5.73 Å². The summed E-state index contributed by atoms with van der Waals surface area (Å²) in [5.41, 5.74) is 8.20. The zero-order valence-electron chi connectivity index (χ0n) is 11.5. The smallest absolute Gasteiger partial charge is 0.163 e. The van der Waals surface area contributed by atoms with Crippen molar-refractivity contribution >= 4 is 5.78 Å². The van der Waals surface area contributed by atoms with Crippen LogP contribution in [0.2, 0.25) is 0 Å². The number of rotatable bonds is 7. The van der Waals surface area contributed by atoms with Crippen molar-refractivity contribution in [1.82, 2.24) is 5.32 Å². The van der Waals surface area contributed by atoms with E-state index in [0.717, 1.165) is 11.1 Å². The van der Waals surface area contributed by atoms with Crippen molar-refractivity contribution in [2.45, 2.75) is 19.0 Å². The van der Waals surface area contributed by atoms with Crippen molar-refractivity contribution < 1.29 is 4.79 Å². The predicted octanol–water partition coefficient (Wildman–Crippen LogP) is 1.92. The van der Waals surface area contributed by atoms with E-state index in [-0.39, 0.29) is 5.78 Å². The minimum Gasteiger partial charge on any atom is -0.321 e. The fourth-order valence-electron chi connectivity index (χ4n) is 2.04. The third-order valence-corrected chi connectivity index (χ3v) is 3.18. The molecule has 3 nitrogen and oxygen atoms in total. The zero-order valence-corrected chi connectivity index (χ0v) is 11.5. The topological polar surface area (TPSA) is 55.1 Å². The quantitative estimate of drug-likeness (QED) is 0.806. The number of hydrogen-bond donors (Lipinski definition) is 2. The average molecular weight is 268 g/mol.